The van der Waals surface area contributed by atoms with Crippen LogP contribution in [0.25, 0.3) is 0 Å². The maximum atomic E-state index is 12.0. The Morgan fingerprint density at radius 2 is 1.81 bits per heavy atom. The van der Waals surface area contributed by atoms with Crippen LogP contribution in [0.3, 0.4) is 0 Å². The van der Waals surface area contributed by atoms with Gasteiger partial charge in [0.1, 0.15) is 10.7 Å². The van der Waals surface area contributed by atoms with E-state index in [1.54, 1.807) is 0 Å². The highest BCUT2D eigenvalue weighted by molar-refractivity contribution is 7.90. The molecule has 2 rings (SSSR count). The van der Waals surface area contributed by atoms with E-state index in [1.807, 2.05) is 0 Å². The monoisotopic (exact) mass is 330 g/mol. The van der Waals surface area contributed by atoms with E-state index in [-0.39, 0.29) is 22.2 Å². The van der Waals surface area contributed by atoms with E-state index in [0.717, 1.165) is 12.5 Å². The molecular weight excluding hydrogens is 316 g/mol. The first-order chi connectivity index (χ1) is 9.70. The Morgan fingerprint density at radius 1 is 1.19 bits per heavy atom. The Hall–Kier alpha value is -1.91. The number of nitrogen functional groups attached to an aromatic ring is 1. The van der Waals surface area contributed by atoms with E-state index >= 15 is 0 Å². The second kappa shape index (κ2) is 5.47. The molecule has 0 aliphatic heterocycles. The van der Waals surface area contributed by atoms with Crippen molar-refractivity contribution in [1.82, 2.24) is 14.9 Å². The first-order valence-electron chi connectivity index (χ1n) is 5.77. The Bertz CT molecular complexity index is 839. The van der Waals surface area contributed by atoms with Gasteiger partial charge in [0, 0.05) is 12.8 Å². The summed E-state index contributed by atoms with van der Waals surface area (Å²) in [6.45, 7) is 0.0109. The zero-order chi connectivity index (χ0) is 15.7. The lowest BCUT2D eigenvalue weighted by molar-refractivity contribution is 0.581. The van der Waals surface area contributed by atoms with Gasteiger partial charge in [0.05, 0.1) is 11.1 Å². The predicted molar refractivity (Wildman–Crippen MR) is 76.6 cm³/mol. The highest BCUT2D eigenvalue weighted by atomic mass is 32.2. The number of H-pyrrole nitrogens is 1. The van der Waals surface area contributed by atoms with Gasteiger partial charge in [-0.1, -0.05) is 12.1 Å². The highest BCUT2D eigenvalue weighted by Crippen LogP contribution is 2.15. The number of aromatic amines is 1. The van der Waals surface area contributed by atoms with E-state index in [9.17, 15) is 16.8 Å². The molecule has 4 N–H and O–H groups in total. The molecule has 21 heavy (non-hydrogen) atoms. The van der Waals surface area contributed by atoms with Gasteiger partial charge in [-0.25, -0.2) is 21.6 Å². The van der Waals surface area contributed by atoms with E-state index in [1.165, 1.54) is 24.3 Å². The molecule has 0 atom stereocenters. The fourth-order valence-electron chi connectivity index (χ4n) is 1.61. The summed E-state index contributed by atoms with van der Waals surface area (Å²) in [5.74, 6) is -0.0464. The maximum Gasteiger partial charge on any atom is 0.246 e. The van der Waals surface area contributed by atoms with Crippen LogP contribution in [0.4, 0.5) is 5.82 Å². The summed E-state index contributed by atoms with van der Waals surface area (Å²) in [4.78, 5) is 0.0449. The number of hydrogen-bond donors (Lipinski definition) is 3. The number of hydrogen-bond acceptors (Lipinski definition) is 6. The van der Waals surface area contributed by atoms with Crippen molar-refractivity contribution in [2.45, 2.75) is 16.3 Å². The van der Waals surface area contributed by atoms with Crippen LogP contribution in [0.5, 0.6) is 0 Å². The van der Waals surface area contributed by atoms with Crippen LogP contribution in [0.1, 0.15) is 5.56 Å². The van der Waals surface area contributed by atoms with Crippen LogP contribution in [0.15, 0.2) is 40.3 Å². The molecule has 0 spiro atoms. The largest absolute Gasteiger partial charge is 0.383 e. The molecule has 8 nitrogen and oxygen atoms in total. The summed E-state index contributed by atoms with van der Waals surface area (Å²) in [6.07, 6.45) is 2.22. The van der Waals surface area contributed by atoms with Crippen molar-refractivity contribution in [3.8, 4) is 0 Å². The lowest BCUT2D eigenvalue weighted by Crippen LogP contribution is -2.23. The van der Waals surface area contributed by atoms with Crippen molar-refractivity contribution in [3.63, 3.8) is 0 Å². The molecule has 10 heteroatoms. The molecule has 0 fully saturated rings. The van der Waals surface area contributed by atoms with Crippen molar-refractivity contribution in [2.75, 3.05) is 12.0 Å². The molecule has 1 aromatic heterocycles. The van der Waals surface area contributed by atoms with Gasteiger partial charge in [-0.2, -0.15) is 5.10 Å². The molecule has 0 aliphatic carbocycles. The minimum atomic E-state index is -3.77. The van der Waals surface area contributed by atoms with E-state index < -0.39 is 19.9 Å². The van der Waals surface area contributed by atoms with E-state index in [4.69, 9.17) is 5.73 Å². The number of rotatable bonds is 5. The Labute approximate surface area is 122 Å². The van der Waals surface area contributed by atoms with Crippen molar-refractivity contribution in [1.29, 1.82) is 0 Å². The van der Waals surface area contributed by atoms with Crippen LogP contribution in [0.2, 0.25) is 0 Å². The summed E-state index contributed by atoms with van der Waals surface area (Å²) in [6, 6.07) is 5.92. The highest BCUT2D eigenvalue weighted by Gasteiger charge is 2.18. The number of nitrogens with two attached hydrogens (primary N) is 1. The fraction of sp³-hybridized carbons (Fsp3) is 0.182. The Balaban J connectivity index is 2.12. The molecular formula is C11H14N4O4S2. The number of sulfonamides is 1. The van der Waals surface area contributed by atoms with Gasteiger partial charge in [-0.05, 0) is 17.7 Å². The van der Waals surface area contributed by atoms with Gasteiger partial charge in [-0.3, -0.25) is 5.10 Å². The number of sulfone groups is 1. The molecule has 0 radical (unpaired) electrons. The van der Waals surface area contributed by atoms with E-state index in [2.05, 4.69) is 14.9 Å². The zero-order valence-electron chi connectivity index (χ0n) is 11.1. The summed E-state index contributed by atoms with van der Waals surface area (Å²) >= 11 is 0. The second-order valence-electron chi connectivity index (χ2n) is 4.39. The molecule has 0 aliphatic rings. The molecule has 0 amide bonds. The van der Waals surface area contributed by atoms with Crippen LogP contribution >= 0.6 is 0 Å². The molecule has 0 bridgehead atoms. The average Bonchev–Trinajstić information content (AvgIpc) is 2.83. The summed E-state index contributed by atoms with van der Waals surface area (Å²) in [5, 5.41) is 5.88. The van der Waals surface area contributed by atoms with Crippen molar-refractivity contribution in [2.24, 2.45) is 0 Å². The Morgan fingerprint density at radius 3 is 2.29 bits per heavy atom. The van der Waals surface area contributed by atoms with Crippen LogP contribution in [-0.4, -0.2) is 33.3 Å². The summed E-state index contributed by atoms with van der Waals surface area (Å²) in [7, 11) is -7.04. The predicted octanol–water partition coefficient (Wildman–Crippen LogP) is -0.126. The SMILES string of the molecule is CS(=O)(=O)c1ccc(CNS(=O)(=O)c2cn[nH]c2N)cc1. The molecule has 0 unspecified atom stereocenters. The average molecular weight is 330 g/mol. The normalized spacial score (nSPS) is 12.4. The Kier molecular flexibility index (Phi) is 4.03. The molecule has 1 heterocycles. The van der Waals surface area contributed by atoms with Crippen LogP contribution in [0, 0.1) is 0 Å². The maximum absolute atomic E-state index is 12.0. The number of nitrogens with one attached hydrogen (secondary N) is 2. The lowest BCUT2D eigenvalue weighted by Gasteiger charge is -2.06. The third kappa shape index (κ3) is 3.60. The summed E-state index contributed by atoms with van der Waals surface area (Å²) < 4.78 is 48.9. The van der Waals surface area contributed by atoms with Crippen molar-refractivity contribution < 1.29 is 16.8 Å². The topological polar surface area (TPSA) is 135 Å². The summed E-state index contributed by atoms with van der Waals surface area (Å²) in [5.41, 5.74) is 6.08. The van der Waals surface area contributed by atoms with Gasteiger partial charge in [0.15, 0.2) is 9.84 Å². The number of nitrogens with zero attached hydrogens (tertiary/aromatic N) is 1. The van der Waals surface area contributed by atoms with Gasteiger partial charge >= 0.3 is 0 Å². The quantitative estimate of drug-likeness (QED) is 0.699. The minimum Gasteiger partial charge on any atom is -0.383 e. The van der Waals surface area contributed by atoms with Gasteiger partial charge < -0.3 is 5.73 Å². The van der Waals surface area contributed by atoms with E-state index in [0.29, 0.717) is 5.56 Å². The molecule has 1 aromatic carbocycles. The van der Waals surface area contributed by atoms with Crippen molar-refractivity contribution >= 4 is 25.7 Å². The third-order valence-electron chi connectivity index (χ3n) is 2.74. The fourth-order valence-corrected chi connectivity index (χ4v) is 3.28. The van der Waals surface area contributed by atoms with Gasteiger partial charge in [0.2, 0.25) is 10.0 Å². The molecule has 0 saturated carbocycles. The third-order valence-corrected chi connectivity index (χ3v) is 5.30. The molecule has 114 valence electrons. The van der Waals surface area contributed by atoms with Gasteiger partial charge in [-0.15, -0.1) is 0 Å². The number of anilines is 1. The second-order valence-corrected chi connectivity index (χ2v) is 8.14. The number of benzene rings is 1. The number of aromatic nitrogens is 2. The van der Waals surface area contributed by atoms with Crippen LogP contribution in [-0.2, 0) is 26.4 Å². The molecule has 2 aromatic rings. The standard InChI is InChI=1S/C11H14N4O4S2/c1-20(16,17)9-4-2-8(3-5-9)6-14-21(18,19)10-7-13-15-11(10)12/h2-5,7,14H,6H2,1H3,(H3,12,13,15). The molecule has 0 saturated heterocycles. The first kappa shape index (κ1) is 15.5. The van der Waals surface area contributed by atoms with Crippen LogP contribution < -0.4 is 10.5 Å². The first-order valence-corrected chi connectivity index (χ1v) is 9.15. The smallest absolute Gasteiger partial charge is 0.246 e. The van der Waals surface area contributed by atoms with Crippen molar-refractivity contribution in [3.05, 3.63) is 36.0 Å². The lowest BCUT2D eigenvalue weighted by atomic mass is 10.2. The minimum absolute atomic E-state index is 0.0109. The zero-order valence-corrected chi connectivity index (χ0v) is 12.7. The van der Waals surface area contributed by atoms with Gasteiger partial charge in [0.25, 0.3) is 0 Å².